The summed E-state index contributed by atoms with van der Waals surface area (Å²) >= 11 is 5.69. The van der Waals surface area contributed by atoms with Crippen LogP contribution in [0.2, 0.25) is 0 Å². The van der Waals surface area contributed by atoms with Crippen molar-refractivity contribution in [1.29, 1.82) is 0 Å². The summed E-state index contributed by atoms with van der Waals surface area (Å²) in [4.78, 5) is 1.59. The molecule has 0 aromatic heterocycles. The molecule has 1 atom stereocenters. The Balaban J connectivity index is 2.25. The molecule has 0 bridgehead atoms. The van der Waals surface area contributed by atoms with Gasteiger partial charge in [-0.3, -0.25) is 0 Å². The molecular weight excluding hydrogens is 282 g/mol. The lowest BCUT2D eigenvalue weighted by molar-refractivity contribution is -0.176. The molecule has 1 unspecified atom stereocenters. The third-order valence-electron chi connectivity index (χ3n) is 3.45. The first kappa shape index (κ1) is 14.4. The number of hydrogen-bond acceptors (Lipinski definition) is 1. The Bertz CT molecular complexity index is 447. The molecule has 6 heteroatoms. The van der Waals surface area contributed by atoms with E-state index in [4.69, 9.17) is 11.6 Å². The Morgan fingerprint density at radius 1 is 1.32 bits per heavy atom. The van der Waals surface area contributed by atoms with E-state index < -0.39 is 17.9 Å². The molecule has 1 nitrogen and oxygen atoms in total. The molecule has 1 aromatic rings. The van der Waals surface area contributed by atoms with Crippen molar-refractivity contribution >= 4 is 17.3 Å². The van der Waals surface area contributed by atoms with Crippen molar-refractivity contribution in [2.75, 3.05) is 18.0 Å². The Labute approximate surface area is 114 Å². The predicted molar refractivity (Wildman–Crippen MR) is 66.9 cm³/mol. The molecule has 1 heterocycles. The highest BCUT2D eigenvalue weighted by atomic mass is 35.5. The van der Waals surface area contributed by atoms with E-state index in [1.165, 1.54) is 12.1 Å². The van der Waals surface area contributed by atoms with Gasteiger partial charge in [-0.2, -0.15) is 13.2 Å². The van der Waals surface area contributed by atoms with Gasteiger partial charge in [0.2, 0.25) is 0 Å². The fraction of sp³-hybridized carbons (Fsp3) is 0.538. The van der Waals surface area contributed by atoms with Crippen LogP contribution < -0.4 is 4.90 Å². The van der Waals surface area contributed by atoms with Gasteiger partial charge in [-0.1, -0.05) is 6.07 Å². The molecule has 1 aliphatic rings. The smallest absolute Gasteiger partial charge is 0.371 e. The van der Waals surface area contributed by atoms with Crippen LogP contribution in [0.15, 0.2) is 18.2 Å². The molecule has 19 heavy (non-hydrogen) atoms. The van der Waals surface area contributed by atoms with Gasteiger partial charge < -0.3 is 4.90 Å². The number of anilines is 1. The van der Waals surface area contributed by atoms with Gasteiger partial charge in [0, 0.05) is 24.3 Å². The lowest BCUT2D eigenvalue weighted by Crippen LogP contribution is -2.42. The number of benzene rings is 1. The van der Waals surface area contributed by atoms with Crippen molar-refractivity contribution in [1.82, 2.24) is 0 Å². The van der Waals surface area contributed by atoms with Gasteiger partial charge in [0.05, 0.1) is 11.8 Å². The molecule has 2 rings (SSSR count). The molecule has 1 aromatic carbocycles. The minimum absolute atomic E-state index is 0.0464. The SMILES string of the molecule is Fc1cccc(N2CCCC(C(F)(F)F)C2)c1CCl. The average Bonchev–Trinajstić information content (AvgIpc) is 2.37. The Morgan fingerprint density at radius 2 is 2.05 bits per heavy atom. The van der Waals surface area contributed by atoms with Crippen LogP contribution in [0, 0.1) is 11.7 Å². The largest absolute Gasteiger partial charge is 0.393 e. The van der Waals surface area contributed by atoms with Crippen LogP contribution in [0.25, 0.3) is 0 Å². The molecule has 1 aliphatic heterocycles. The van der Waals surface area contributed by atoms with E-state index in [2.05, 4.69) is 0 Å². The third-order valence-corrected chi connectivity index (χ3v) is 3.72. The highest BCUT2D eigenvalue weighted by Gasteiger charge is 2.42. The lowest BCUT2D eigenvalue weighted by Gasteiger charge is -2.36. The zero-order valence-corrected chi connectivity index (χ0v) is 10.9. The number of rotatable bonds is 2. The van der Waals surface area contributed by atoms with Crippen LogP contribution in [0.4, 0.5) is 23.2 Å². The van der Waals surface area contributed by atoms with Crippen molar-refractivity contribution in [2.45, 2.75) is 24.9 Å². The highest BCUT2D eigenvalue weighted by Crippen LogP contribution is 2.36. The summed E-state index contributed by atoms with van der Waals surface area (Å²) in [6.07, 6.45) is -3.62. The van der Waals surface area contributed by atoms with Gasteiger partial charge in [-0.25, -0.2) is 4.39 Å². The van der Waals surface area contributed by atoms with Crippen molar-refractivity contribution in [3.63, 3.8) is 0 Å². The summed E-state index contributed by atoms with van der Waals surface area (Å²) in [6.45, 7) is 0.372. The number of piperidine rings is 1. The molecule has 1 fully saturated rings. The fourth-order valence-corrected chi connectivity index (χ4v) is 2.70. The molecule has 0 aliphatic carbocycles. The first-order chi connectivity index (χ1) is 8.93. The molecule has 0 N–H and O–H groups in total. The minimum Gasteiger partial charge on any atom is -0.371 e. The third kappa shape index (κ3) is 3.14. The molecule has 0 saturated carbocycles. The summed E-state index contributed by atoms with van der Waals surface area (Å²) in [7, 11) is 0. The summed E-state index contributed by atoms with van der Waals surface area (Å²) in [5.74, 6) is -1.87. The van der Waals surface area contributed by atoms with Crippen LogP contribution in [0.1, 0.15) is 18.4 Å². The van der Waals surface area contributed by atoms with Crippen LogP contribution in [0.3, 0.4) is 0 Å². The van der Waals surface area contributed by atoms with Gasteiger partial charge in [-0.15, -0.1) is 11.6 Å². The average molecular weight is 296 g/mol. The second kappa shape index (κ2) is 5.57. The lowest BCUT2D eigenvalue weighted by atomic mass is 9.96. The van der Waals surface area contributed by atoms with Crippen LogP contribution >= 0.6 is 11.6 Å². The van der Waals surface area contributed by atoms with Gasteiger partial charge in [0.25, 0.3) is 0 Å². The van der Waals surface area contributed by atoms with Crippen LogP contribution in [0.5, 0.6) is 0 Å². The van der Waals surface area contributed by atoms with Gasteiger partial charge in [0.1, 0.15) is 5.82 Å². The molecule has 0 amide bonds. The summed E-state index contributed by atoms with van der Waals surface area (Å²) in [5.41, 5.74) is 0.746. The van der Waals surface area contributed by atoms with E-state index in [9.17, 15) is 17.6 Å². The standard InChI is InChI=1S/C13H14ClF4N/c14-7-10-11(15)4-1-5-12(10)19-6-2-3-9(8-19)13(16,17)18/h1,4-5,9H,2-3,6-8H2. The van der Waals surface area contributed by atoms with Crippen LogP contribution in [-0.2, 0) is 5.88 Å². The maximum atomic E-state index is 13.6. The number of halogens is 5. The van der Waals surface area contributed by atoms with E-state index in [1.807, 2.05) is 0 Å². The summed E-state index contributed by atoms with van der Waals surface area (Å²) < 4.78 is 51.9. The molecule has 0 spiro atoms. The van der Waals surface area contributed by atoms with E-state index in [0.717, 1.165) is 0 Å². The molecular formula is C13H14ClF4N. The van der Waals surface area contributed by atoms with Crippen molar-refractivity contribution in [2.24, 2.45) is 5.92 Å². The Morgan fingerprint density at radius 3 is 2.68 bits per heavy atom. The summed E-state index contributed by atoms with van der Waals surface area (Å²) in [6, 6.07) is 4.39. The van der Waals surface area contributed by atoms with E-state index in [0.29, 0.717) is 18.7 Å². The van der Waals surface area contributed by atoms with E-state index in [1.54, 1.807) is 11.0 Å². The van der Waals surface area contributed by atoms with Gasteiger partial charge in [0.15, 0.2) is 0 Å². The molecule has 106 valence electrons. The zero-order valence-electron chi connectivity index (χ0n) is 10.2. The monoisotopic (exact) mass is 295 g/mol. The van der Waals surface area contributed by atoms with Crippen molar-refractivity contribution in [3.05, 3.63) is 29.6 Å². The molecule has 0 radical (unpaired) electrons. The Kier molecular flexibility index (Phi) is 4.23. The predicted octanol–water partition coefficient (Wildman–Crippen LogP) is 4.34. The maximum Gasteiger partial charge on any atom is 0.393 e. The van der Waals surface area contributed by atoms with Gasteiger partial charge in [-0.05, 0) is 25.0 Å². The quantitative estimate of drug-likeness (QED) is 0.579. The topological polar surface area (TPSA) is 3.24 Å². The summed E-state index contributed by atoms with van der Waals surface area (Å²) in [5, 5.41) is 0. The molecule has 1 saturated heterocycles. The minimum atomic E-state index is -4.20. The fourth-order valence-electron chi connectivity index (χ4n) is 2.44. The normalized spacial score (nSPS) is 20.7. The first-order valence-electron chi connectivity index (χ1n) is 6.08. The second-order valence-corrected chi connectivity index (χ2v) is 4.97. The Hall–Kier alpha value is -0.970. The van der Waals surface area contributed by atoms with Crippen LogP contribution in [-0.4, -0.2) is 19.3 Å². The number of alkyl halides is 4. The zero-order chi connectivity index (χ0) is 14.0. The number of hydrogen-bond donors (Lipinski definition) is 0. The second-order valence-electron chi connectivity index (χ2n) is 4.70. The van der Waals surface area contributed by atoms with E-state index >= 15 is 0 Å². The highest BCUT2D eigenvalue weighted by molar-refractivity contribution is 6.17. The first-order valence-corrected chi connectivity index (χ1v) is 6.62. The number of nitrogens with zero attached hydrogens (tertiary/aromatic N) is 1. The van der Waals surface area contributed by atoms with E-state index in [-0.39, 0.29) is 24.4 Å². The maximum absolute atomic E-state index is 13.6. The van der Waals surface area contributed by atoms with Crippen molar-refractivity contribution in [3.8, 4) is 0 Å². The van der Waals surface area contributed by atoms with Crippen molar-refractivity contribution < 1.29 is 17.6 Å². The van der Waals surface area contributed by atoms with Gasteiger partial charge >= 0.3 is 6.18 Å².